The van der Waals surface area contributed by atoms with Crippen LogP contribution in [0.25, 0.3) is 11.0 Å². The first kappa shape index (κ1) is 15.4. The summed E-state index contributed by atoms with van der Waals surface area (Å²) in [6.07, 6.45) is 5.06. The summed E-state index contributed by atoms with van der Waals surface area (Å²) in [6.45, 7) is 7.57. The van der Waals surface area contributed by atoms with E-state index in [1.54, 1.807) is 0 Å². The third-order valence-corrected chi connectivity index (χ3v) is 4.22. The molecule has 0 amide bonds. The molecule has 0 spiro atoms. The fourth-order valence-corrected chi connectivity index (χ4v) is 2.93. The summed E-state index contributed by atoms with van der Waals surface area (Å²) in [4.78, 5) is 4.71. The van der Waals surface area contributed by atoms with Gasteiger partial charge >= 0.3 is 0 Å². The predicted molar refractivity (Wildman–Crippen MR) is 87.3 cm³/mol. The first-order valence-corrected chi connectivity index (χ1v) is 8.20. The van der Waals surface area contributed by atoms with E-state index in [-0.39, 0.29) is 5.38 Å². The highest BCUT2D eigenvalue weighted by atomic mass is 35.5. The number of halogens is 1. The van der Waals surface area contributed by atoms with Gasteiger partial charge in [-0.2, -0.15) is 0 Å². The van der Waals surface area contributed by atoms with Crippen LogP contribution in [0.5, 0.6) is 0 Å². The second kappa shape index (κ2) is 7.12. The topological polar surface area (TPSA) is 17.8 Å². The monoisotopic (exact) mass is 292 g/mol. The van der Waals surface area contributed by atoms with Gasteiger partial charge in [-0.05, 0) is 31.4 Å². The summed E-state index contributed by atoms with van der Waals surface area (Å²) in [6, 6.07) is 8.34. The number of rotatable bonds is 7. The standard InChI is InChI=1S/C17H25ClN2/c1-4-6-9-14(5-2)12-20-16-11-8-7-10-15(16)19-17(20)13(3)18/h7-8,10-11,13-14H,4-6,9,12H2,1-3H3. The lowest BCUT2D eigenvalue weighted by atomic mass is 9.99. The van der Waals surface area contributed by atoms with Gasteiger partial charge in [0.05, 0.1) is 16.4 Å². The van der Waals surface area contributed by atoms with Crippen LogP contribution in [0.15, 0.2) is 24.3 Å². The van der Waals surface area contributed by atoms with Crippen molar-refractivity contribution in [2.75, 3.05) is 0 Å². The maximum Gasteiger partial charge on any atom is 0.127 e. The van der Waals surface area contributed by atoms with Crippen LogP contribution in [0.3, 0.4) is 0 Å². The molecule has 0 radical (unpaired) electrons. The Morgan fingerprint density at radius 2 is 2.00 bits per heavy atom. The molecule has 0 saturated heterocycles. The van der Waals surface area contributed by atoms with Crippen LogP contribution >= 0.6 is 11.6 Å². The molecule has 2 rings (SSSR count). The fraction of sp³-hybridized carbons (Fsp3) is 0.588. The molecule has 2 aromatic rings. The SMILES string of the molecule is CCCCC(CC)Cn1c(C(C)Cl)nc2ccccc21. The van der Waals surface area contributed by atoms with Gasteiger partial charge in [0.25, 0.3) is 0 Å². The van der Waals surface area contributed by atoms with Gasteiger partial charge in [-0.1, -0.05) is 45.2 Å². The number of fused-ring (bicyclic) bond motifs is 1. The van der Waals surface area contributed by atoms with Crippen LogP contribution < -0.4 is 0 Å². The molecule has 1 aromatic carbocycles. The number of hydrogen-bond donors (Lipinski definition) is 0. The largest absolute Gasteiger partial charge is 0.326 e. The number of para-hydroxylation sites is 2. The van der Waals surface area contributed by atoms with E-state index in [2.05, 4.69) is 36.6 Å². The molecular weight excluding hydrogens is 268 g/mol. The lowest BCUT2D eigenvalue weighted by molar-refractivity contribution is 0.389. The molecule has 0 aliphatic rings. The van der Waals surface area contributed by atoms with Crippen molar-refractivity contribution in [1.82, 2.24) is 9.55 Å². The number of aromatic nitrogens is 2. The van der Waals surface area contributed by atoms with Gasteiger partial charge in [0, 0.05) is 6.54 Å². The number of alkyl halides is 1. The summed E-state index contributed by atoms with van der Waals surface area (Å²) in [5.41, 5.74) is 2.27. The Morgan fingerprint density at radius 1 is 1.25 bits per heavy atom. The van der Waals surface area contributed by atoms with Crippen LogP contribution in [0.2, 0.25) is 0 Å². The molecule has 110 valence electrons. The zero-order valence-corrected chi connectivity index (χ0v) is 13.5. The van der Waals surface area contributed by atoms with E-state index >= 15 is 0 Å². The minimum Gasteiger partial charge on any atom is -0.326 e. The third kappa shape index (κ3) is 3.35. The maximum absolute atomic E-state index is 6.33. The number of unbranched alkanes of at least 4 members (excludes halogenated alkanes) is 1. The van der Waals surface area contributed by atoms with E-state index < -0.39 is 0 Å². The van der Waals surface area contributed by atoms with E-state index in [0.717, 1.165) is 17.9 Å². The van der Waals surface area contributed by atoms with Crippen molar-refractivity contribution in [2.24, 2.45) is 5.92 Å². The molecule has 20 heavy (non-hydrogen) atoms. The highest BCUT2D eigenvalue weighted by molar-refractivity contribution is 6.20. The molecule has 1 aromatic heterocycles. The van der Waals surface area contributed by atoms with E-state index in [4.69, 9.17) is 16.6 Å². The van der Waals surface area contributed by atoms with Crippen molar-refractivity contribution in [2.45, 2.75) is 58.4 Å². The van der Waals surface area contributed by atoms with Crippen molar-refractivity contribution < 1.29 is 0 Å². The first-order chi connectivity index (χ1) is 9.67. The Kier molecular flexibility index (Phi) is 5.47. The van der Waals surface area contributed by atoms with Crippen molar-refractivity contribution in [3.8, 4) is 0 Å². The minimum atomic E-state index is -0.0499. The van der Waals surface area contributed by atoms with E-state index in [1.807, 2.05) is 13.0 Å². The normalized spacial score (nSPS) is 14.6. The van der Waals surface area contributed by atoms with Crippen LogP contribution in [0.4, 0.5) is 0 Å². The van der Waals surface area contributed by atoms with Crippen molar-refractivity contribution in [3.05, 3.63) is 30.1 Å². The second-order valence-corrected chi connectivity index (χ2v) is 6.26. The molecule has 0 saturated carbocycles. The molecule has 2 atom stereocenters. The van der Waals surface area contributed by atoms with Crippen LogP contribution in [0.1, 0.15) is 57.7 Å². The molecule has 2 unspecified atom stereocenters. The van der Waals surface area contributed by atoms with Crippen LogP contribution in [0, 0.1) is 5.92 Å². The van der Waals surface area contributed by atoms with Crippen LogP contribution in [-0.4, -0.2) is 9.55 Å². The van der Waals surface area contributed by atoms with Crippen molar-refractivity contribution >= 4 is 22.6 Å². The highest BCUT2D eigenvalue weighted by Crippen LogP contribution is 2.27. The number of nitrogens with zero attached hydrogens (tertiary/aromatic N) is 2. The van der Waals surface area contributed by atoms with E-state index in [1.165, 1.54) is 31.2 Å². The first-order valence-electron chi connectivity index (χ1n) is 7.76. The number of benzene rings is 1. The molecule has 0 N–H and O–H groups in total. The molecule has 1 heterocycles. The fourth-order valence-electron chi connectivity index (χ4n) is 2.77. The van der Waals surface area contributed by atoms with Gasteiger partial charge in [-0.15, -0.1) is 11.6 Å². The lowest BCUT2D eigenvalue weighted by Gasteiger charge is -2.18. The quantitative estimate of drug-likeness (QED) is 0.612. The molecule has 0 bridgehead atoms. The Balaban J connectivity index is 2.33. The Hall–Kier alpha value is -1.02. The van der Waals surface area contributed by atoms with Crippen molar-refractivity contribution in [1.29, 1.82) is 0 Å². The molecule has 3 heteroatoms. The summed E-state index contributed by atoms with van der Waals surface area (Å²) in [5, 5.41) is -0.0499. The molecule has 2 nitrogen and oxygen atoms in total. The Bertz CT molecular complexity index is 545. The smallest absolute Gasteiger partial charge is 0.127 e. The highest BCUT2D eigenvalue weighted by Gasteiger charge is 2.17. The molecule has 0 aliphatic carbocycles. The van der Waals surface area contributed by atoms with Gasteiger partial charge in [0.2, 0.25) is 0 Å². The lowest BCUT2D eigenvalue weighted by Crippen LogP contribution is -2.13. The predicted octanol–water partition coefficient (Wildman–Crippen LogP) is 5.55. The third-order valence-electron chi connectivity index (χ3n) is 4.02. The van der Waals surface area contributed by atoms with Gasteiger partial charge in [0.15, 0.2) is 0 Å². The maximum atomic E-state index is 6.33. The van der Waals surface area contributed by atoms with E-state index in [0.29, 0.717) is 5.92 Å². The molecule has 0 aliphatic heterocycles. The van der Waals surface area contributed by atoms with Crippen molar-refractivity contribution in [3.63, 3.8) is 0 Å². The summed E-state index contributed by atoms with van der Waals surface area (Å²) >= 11 is 6.33. The Labute approximate surface area is 127 Å². The number of imidazole rings is 1. The van der Waals surface area contributed by atoms with Gasteiger partial charge < -0.3 is 4.57 Å². The van der Waals surface area contributed by atoms with E-state index in [9.17, 15) is 0 Å². The molecular formula is C17H25ClN2. The minimum absolute atomic E-state index is 0.0499. The zero-order valence-electron chi connectivity index (χ0n) is 12.8. The van der Waals surface area contributed by atoms with Crippen LogP contribution in [-0.2, 0) is 6.54 Å². The summed E-state index contributed by atoms with van der Waals surface area (Å²) < 4.78 is 2.33. The average Bonchev–Trinajstić information content (AvgIpc) is 2.82. The number of hydrogen-bond acceptors (Lipinski definition) is 1. The zero-order chi connectivity index (χ0) is 14.5. The van der Waals surface area contributed by atoms with Gasteiger partial charge in [-0.3, -0.25) is 0 Å². The molecule has 0 fully saturated rings. The summed E-state index contributed by atoms with van der Waals surface area (Å²) in [7, 11) is 0. The Morgan fingerprint density at radius 3 is 2.65 bits per heavy atom. The average molecular weight is 293 g/mol. The second-order valence-electron chi connectivity index (χ2n) is 5.60. The van der Waals surface area contributed by atoms with Gasteiger partial charge in [0.1, 0.15) is 5.82 Å². The van der Waals surface area contributed by atoms with Gasteiger partial charge in [-0.25, -0.2) is 4.98 Å². The summed E-state index contributed by atoms with van der Waals surface area (Å²) in [5.74, 6) is 1.71.